The highest BCUT2D eigenvalue weighted by Gasteiger charge is 2.25. The Morgan fingerprint density at radius 3 is 2.37 bits per heavy atom. The molecule has 0 amide bonds. The van der Waals surface area contributed by atoms with Crippen LogP contribution in [0.4, 0.5) is 0 Å². The highest BCUT2D eigenvalue weighted by atomic mass is 32.2. The molecule has 132 valence electrons. The zero-order valence-corrected chi connectivity index (χ0v) is 15.6. The van der Waals surface area contributed by atoms with Gasteiger partial charge in [0.2, 0.25) is 0 Å². The van der Waals surface area contributed by atoms with Crippen molar-refractivity contribution in [1.82, 2.24) is 9.55 Å². The Morgan fingerprint density at radius 2 is 1.56 bits per heavy atom. The van der Waals surface area contributed by atoms with Gasteiger partial charge in [-0.1, -0.05) is 84.6 Å². The number of fused-ring (bicyclic) bond motifs is 3. The maximum atomic E-state index is 5.13. The fraction of sp³-hybridized carbons (Fsp3) is 0.130. The number of hydrogen-bond acceptors (Lipinski definition) is 3. The van der Waals surface area contributed by atoms with Crippen LogP contribution in [0.15, 0.2) is 89.9 Å². The summed E-state index contributed by atoms with van der Waals surface area (Å²) in [5, 5.41) is 1.03. The van der Waals surface area contributed by atoms with E-state index < -0.39 is 0 Å². The van der Waals surface area contributed by atoms with Crippen LogP contribution in [-0.4, -0.2) is 14.7 Å². The molecule has 0 spiro atoms. The molecule has 0 saturated heterocycles. The van der Waals surface area contributed by atoms with Gasteiger partial charge in [-0.3, -0.25) is 9.56 Å². The second kappa shape index (κ2) is 7.05. The SMILES string of the molecule is c1ccc(CSC2=NC(c3ccccc3)Cc3nc4ccccc4n32)cc1. The lowest BCUT2D eigenvalue weighted by atomic mass is 10.0. The lowest BCUT2D eigenvalue weighted by Gasteiger charge is -2.22. The molecule has 4 aromatic rings. The molecule has 3 nitrogen and oxygen atoms in total. The Kier molecular flexibility index (Phi) is 4.26. The van der Waals surface area contributed by atoms with Crippen molar-refractivity contribution >= 4 is 28.0 Å². The minimum absolute atomic E-state index is 0.119. The number of aromatic nitrogens is 2. The number of hydrogen-bond donors (Lipinski definition) is 0. The first-order valence-corrected chi connectivity index (χ1v) is 10.1. The molecule has 0 aliphatic carbocycles. The summed E-state index contributed by atoms with van der Waals surface area (Å²) in [6.45, 7) is 0. The number of rotatable bonds is 3. The fourth-order valence-electron chi connectivity index (χ4n) is 3.53. The monoisotopic (exact) mass is 369 g/mol. The summed E-state index contributed by atoms with van der Waals surface area (Å²) in [6, 6.07) is 29.5. The van der Waals surface area contributed by atoms with Gasteiger partial charge in [0.05, 0.1) is 17.1 Å². The number of imidazole rings is 1. The Balaban J connectivity index is 1.56. The Hall–Kier alpha value is -2.85. The first kappa shape index (κ1) is 16.3. The van der Waals surface area contributed by atoms with Crippen LogP contribution in [0.5, 0.6) is 0 Å². The van der Waals surface area contributed by atoms with Crippen LogP contribution in [0.3, 0.4) is 0 Å². The van der Waals surface area contributed by atoms with Crippen molar-refractivity contribution in [2.75, 3.05) is 0 Å². The molecule has 1 unspecified atom stereocenters. The second-order valence-electron chi connectivity index (χ2n) is 6.67. The van der Waals surface area contributed by atoms with Gasteiger partial charge in [0.15, 0.2) is 5.17 Å². The van der Waals surface area contributed by atoms with Gasteiger partial charge >= 0.3 is 0 Å². The average Bonchev–Trinajstić information content (AvgIpc) is 3.12. The van der Waals surface area contributed by atoms with E-state index in [9.17, 15) is 0 Å². The van der Waals surface area contributed by atoms with Gasteiger partial charge in [0, 0.05) is 12.2 Å². The maximum absolute atomic E-state index is 5.13. The van der Waals surface area contributed by atoms with Crippen molar-refractivity contribution in [3.63, 3.8) is 0 Å². The molecule has 5 rings (SSSR count). The van der Waals surface area contributed by atoms with Crippen LogP contribution >= 0.6 is 11.8 Å². The summed E-state index contributed by atoms with van der Waals surface area (Å²) in [6.07, 6.45) is 0.827. The first-order chi connectivity index (χ1) is 13.4. The number of nitrogens with zero attached hydrogens (tertiary/aromatic N) is 3. The van der Waals surface area contributed by atoms with Gasteiger partial charge in [-0.25, -0.2) is 4.98 Å². The third-order valence-electron chi connectivity index (χ3n) is 4.86. The van der Waals surface area contributed by atoms with Crippen LogP contribution < -0.4 is 0 Å². The Morgan fingerprint density at radius 1 is 0.852 bits per heavy atom. The maximum Gasteiger partial charge on any atom is 0.170 e. The third kappa shape index (κ3) is 3.17. The van der Waals surface area contributed by atoms with Gasteiger partial charge in [0.1, 0.15) is 5.82 Å². The lowest BCUT2D eigenvalue weighted by molar-refractivity contribution is 0.664. The normalized spacial score (nSPS) is 16.1. The highest BCUT2D eigenvalue weighted by Crippen LogP contribution is 2.32. The molecule has 1 aliphatic heterocycles. The van der Waals surface area contributed by atoms with E-state index >= 15 is 0 Å². The van der Waals surface area contributed by atoms with Crippen molar-refractivity contribution in [2.24, 2.45) is 4.99 Å². The quantitative estimate of drug-likeness (QED) is 0.479. The van der Waals surface area contributed by atoms with E-state index in [2.05, 4.69) is 83.4 Å². The van der Waals surface area contributed by atoms with Gasteiger partial charge in [-0.05, 0) is 23.3 Å². The molecule has 3 aromatic carbocycles. The van der Waals surface area contributed by atoms with Crippen LogP contribution in [-0.2, 0) is 12.2 Å². The zero-order valence-electron chi connectivity index (χ0n) is 14.8. The van der Waals surface area contributed by atoms with Gasteiger partial charge in [-0.2, -0.15) is 0 Å². The van der Waals surface area contributed by atoms with E-state index in [0.29, 0.717) is 0 Å². The molecule has 0 bridgehead atoms. The van der Waals surface area contributed by atoms with Gasteiger partial charge in [0.25, 0.3) is 0 Å². The molecule has 0 fully saturated rings. The molecule has 27 heavy (non-hydrogen) atoms. The molecule has 1 atom stereocenters. The van der Waals surface area contributed by atoms with E-state index in [4.69, 9.17) is 9.98 Å². The fourth-order valence-corrected chi connectivity index (χ4v) is 4.55. The summed E-state index contributed by atoms with van der Waals surface area (Å²) < 4.78 is 2.24. The van der Waals surface area contributed by atoms with Crippen molar-refractivity contribution in [3.8, 4) is 0 Å². The highest BCUT2D eigenvalue weighted by molar-refractivity contribution is 8.13. The molecule has 0 N–H and O–H groups in total. The predicted molar refractivity (Wildman–Crippen MR) is 113 cm³/mol. The topological polar surface area (TPSA) is 30.2 Å². The van der Waals surface area contributed by atoms with Crippen LogP contribution in [0.2, 0.25) is 0 Å². The molecular weight excluding hydrogens is 350 g/mol. The number of benzene rings is 3. The molecule has 1 aromatic heterocycles. The van der Waals surface area contributed by atoms with Crippen LogP contribution in [0.1, 0.15) is 23.0 Å². The Bertz CT molecular complexity index is 1100. The van der Waals surface area contributed by atoms with Crippen molar-refractivity contribution in [3.05, 3.63) is 102 Å². The molecule has 4 heteroatoms. The summed E-state index contributed by atoms with van der Waals surface area (Å²) >= 11 is 1.78. The summed E-state index contributed by atoms with van der Waals surface area (Å²) in [4.78, 5) is 10.0. The summed E-state index contributed by atoms with van der Waals surface area (Å²) in [7, 11) is 0. The summed E-state index contributed by atoms with van der Waals surface area (Å²) in [5.74, 6) is 1.99. The third-order valence-corrected chi connectivity index (χ3v) is 5.88. The smallest absolute Gasteiger partial charge is 0.170 e. The molecular formula is C23H19N3S. The van der Waals surface area contributed by atoms with E-state index in [0.717, 1.165) is 34.2 Å². The van der Waals surface area contributed by atoms with Crippen molar-refractivity contribution < 1.29 is 0 Å². The zero-order chi connectivity index (χ0) is 18.1. The van der Waals surface area contributed by atoms with Gasteiger partial charge in [-0.15, -0.1) is 0 Å². The number of aliphatic imine (C=N–C) groups is 1. The standard InChI is InChI=1S/C23H19N3S/c1-3-9-17(10-4-1)16-27-23-25-20(18-11-5-2-6-12-18)15-22-24-19-13-7-8-14-21(19)26(22)23/h1-14,20H,15-16H2. The predicted octanol–water partition coefficient (Wildman–Crippen LogP) is 5.47. The number of para-hydroxylation sites is 2. The Labute approximate surface area is 162 Å². The second-order valence-corrected chi connectivity index (χ2v) is 7.61. The molecule has 0 radical (unpaired) electrons. The van der Waals surface area contributed by atoms with Crippen LogP contribution in [0.25, 0.3) is 11.0 Å². The van der Waals surface area contributed by atoms with Crippen molar-refractivity contribution in [2.45, 2.75) is 18.2 Å². The van der Waals surface area contributed by atoms with Crippen LogP contribution in [0, 0.1) is 0 Å². The molecule has 1 aliphatic rings. The molecule has 2 heterocycles. The largest absolute Gasteiger partial charge is 0.275 e. The molecule has 0 saturated carbocycles. The van der Waals surface area contributed by atoms with E-state index in [-0.39, 0.29) is 6.04 Å². The van der Waals surface area contributed by atoms with E-state index in [1.807, 2.05) is 6.07 Å². The van der Waals surface area contributed by atoms with E-state index in [1.54, 1.807) is 11.8 Å². The lowest BCUT2D eigenvalue weighted by Crippen LogP contribution is -2.21. The van der Waals surface area contributed by atoms with Crippen molar-refractivity contribution in [1.29, 1.82) is 0 Å². The van der Waals surface area contributed by atoms with E-state index in [1.165, 1.54) is 11.1 Å². The minimum atomic E-state index is 0.119. The average molecular weight is 369 g/mol. The summed E-state index contributed by atoms with van der Waals surface area (Å²) in [5.41, 5.74) is 4.72. The van der Waals surface area contributed by atoms with Gasteiger partial charge < -0.3 is 0 Å². The minimum Gasteiger partial charge on any atom is -0.275 e. The first-order valence-electron chi connectivity index (χ1n) is 9.15. The number of thioether (sulfide) groups is 1.